The van der Waals surface area contributed by atoms with Crippen molar-refractivity contribution in [1.29, 1.82) is 0 Å². The normalized spacial score (nSPS) is 9.30. The van der Waals surface area contributed by atoms with Crippen LogP contribution in [-0.4, -0.2) is 4.86 Å². The van der Waals surface area contributed by atoms with E-state index in [9.17, 15) is 0 Å². The van der Waals surface area contributed by atoms with E-state index in [-0.39, 0.29) is 0 Å². The molecule has 0 radical (unpaired) electrons. The fourth-order valence-electron chi connectivity index (χ4n) is 0.758. The highest BCUT2D eigenvalue weighted by atomic mass is 32.1. The largest absolute Gasteiger partial charge is 0.399 e. The van der Waals surface area contributed by atoms with Crippen LogP contribution in [0.3, 0.4) is 0 Å². The zero-order chi connectivity index (χ0) is 7.56. The number of nitrogens with two attached hydrogens (primary N) is 1. The van der Waals surface area contributed by atoms with E-state index in [2.05, 4.69) is 0 Å². The van der Waals surface area contributed by atoms with Crippen LogP contribution < -0.4 is 5.73 Å². The van der Waals surface area contributed by atoms with E-state index in [1.54, 1.807) is 0 Å². The van der Waals surface area contributed by atoms with Gasteiger partial charge in [-0.2, -0.15) is 0 Å². The first-order chi connectivity index (χ1) is 4.70. The Morgan fingerprint density at radius 1 is 1.50 bits per heavy atom. The summed E-state index contributed by atoms with van der Waals surface area (Å²) >= 11 is 4.97. The summed E-state index contributed by atoms with van der Waals surface area (Å²) in [5.41, 5.74) is 7.34. The van der Waals surface area contributed by atoms with Crippen molar-refractivity contribution in [2.45, 2.75) is 6.92 Å². The van der Waals surface area contributed by atoms with Crippen LogP contribution in [0, 0.1) is 0 Å². The van der Waals surface area contributed by atoms with E-state index >= 15 is 0 Å². The lowest BCUT2D eigenvalue weighted by molar-refractivity contribution is 1.64. The Balaban J connectivity index is 3.07. The number of thiocarbonyl (C=S) groups is 1. The van der Waals surface area contributed by atoms with E-state index in [1.807, 2.05) is 31.2 Å². The van der Waals surface area contributed by atoms with Crippen molar-refractivity contribution in [1.82, 2.24) is 0 Å². The molecule has 2 N–H and O–H groups in total. The van der Waals surface area contributed by atoms with Gasteiger partial charge >= 0.3 is 0 Å². The van der Waals surface area contributed by atoms with Crippen molar-refractivity contribution in [3.63, 3.8) is 0 Å². The highest BCUT2D eigenvalue weighted by Gasteiger charge is 1.92. The number of hydrogen-bond donors (Lipinski definition) is 1. The van der Waals surface area contributed by atoms with Gasteiger partial charge in [0.25, 0.3) is 0 Å². The van der Waals surface area contributed by atoms with E-state index < -0.39 is 0 Å². The van der Waals surface area contributed by atoms with Gasteiger partial charge in [0.2, 0.25) is 0 Å². The molecule has 0 aliphatic heterocycles. The van der Waals surface area contributed by atoms with E-state index in [1.165, 1.54) is 0 Å². The molecule has 0 unspecified atom stereocenters. The van der Waals surface area contributed by atoms with Gasteiger partial charge in [-0.25, -0.2) is 0 Å². The third-order valence-electron chi connectivity index (χ3n) is 1.29. The molecule has 0 heterocycles. The van der Waals surface area contributed by atoms with Gasteiger partial charge in [-0.05, 0) is 24.6 Å². The fraction of sp³-hybridized carbons (Fsp3) is 0.125. The zero-order valence-electron chi connectivity index (χ0n) is 5.79. The topological polar surface area (TPSA) is 26.0 Å². The van der Waals surface area contributed by atoms with Crippen LogP contribution in [0.1, 0.15) is 12.5 Å². The molecule has 1 aromatic carbocycles. The van der Waals surface area contributed by atoms with Crippen LogP contribution in [0.25, 0.3) is 0 Å². The minimum atomic E-state index is 0.765. The summed E-state index contributed by atoms with van der Waals surface area (Å²) < 4.78 is 0. The lowest BCUT2D eigenvalue weighted by Crippen LogP contribution is -1.91. The van der Waals surface area contributed by atoms with Gasteiger partial charge < -0.3 is 5.73 Å². The Morgan fingerprint density at radius 3 is 2.60 bits per heavy atom. The molecule has 2 heteroatoms. The second kappa shape index (κ2) is 2.80. The van der Waals surface area contributed by atoms with Crippen molar-refractivity contribution >= 4 is 22.8 Å². The van der Waals surface area contributed by atoms with Crippen molar-refractivity contribution < 1.29 is 0 Å². The number of nitrogen functional groups attached to an aromatic ring is 1. The first-order valence-electron chi connectivity index (χ1n) is 3.06. The Kier molecular flexibility index (Phi) is 2.02. The van der Waals surface area contributed by atoms with Crippen molar-refractivity contribution in [2.75, 3.05) is 5.73 Å². The Labute approximate surface area is 65.9 Å². The Morgan fingerprint density at radius 2 is 2.20 bits per heavy atom. The molecule has 0 aromatic heterocycles. The lowest BCUT2D eigenvalue weighted by Gasteiger charge is -1.97. The highest BCUT2D eigenvalue weighted by Crippen LogP contribution is 2.07. The first kappa shape index (κ1) is 7.22. The molecule has 0 atom stereocenters. The van der Waals surface area contributed by atoms with Crippen LogP contribution in [0.4, 0.5) is 5.69 Å². The molecule has 0 aliphatic rings. The minimum Gasteiger partial charge on any atom is -0.399 e. The van der Waals surface area contributed by atoms with Gasteiger partial charge in [0, 0.05) is 10.6 Å². The second-order valence-electron chi connectivity index (χ2n) is 2.18. The number of benzene rings is 1. The molecule has 0 amide bonds. The molecule has 0 saturated carbocycles. The van der Waals surface area contributed by atoms with E-state index in [4.69, 9.17) is 18.0 Å². The third kappa shape index (κ3) is 1.54. The highest BCUT2D eigenvalue weighted by molar-refractivity contribution is 7.80. The molecular formula is C8H9NS. The van der Waals surface area contributed by atoms with Gasteiger partial charge in [0.1, 0.15) is 0 Å². The summed E-state index contributed by atoms with van der Waals surface area (Å²) in [5.74, 6) is 0. The summed E-state index contributed by atoms with van der Waals surface area (Å²) in [6.07, 6.45) is 0. The number of rotatable bonds is 1. The maximum atomic E-state index is 5.54. The van der Waals surface area contributed by atoms with Crippen LogP contribution in [0.2, 0.25) is 0 Å². The minimum absolute atomic E-state index is 0.765. The van der Waals surface area contributed by atoms with Crippen LogP contribution in [0.15, 0.2) is 24.3 Å². The smallest absolute Gasteiger partial charge is 0.0320 e. The maximum absolute atomic E-state index is 5.54. The standard InChI is InChI=1S/C8H9NS/c1-6(10)7-3-2-4-8(9)5-7/h2-5H,9H2,1H3. The molecule has 0 spiro atoms. The quantitative estimate of drug-likeness (QED) is 0.377. The van der Waals surface area contributed by atoms with Crippen LogP contribution in [-0.2, 0) is 0 Å². The first-order valence-corrected chi connectivity index (χ1v) is 3.47. The van der Waals surface area contributed by atoms with Crippen molar-refractivity contribution in [3.8, 4) is 0 Å². The van der Waals surface area contributed by atoms with Crippen LogP contribution >= 0.6 is 12.2 Å². The third-order valence-corrected chi connectivity index (χ3v) is 1.53. The van der Waals surface area contributed by atoms with Gasteiger partial charge in [0.05, 0.1) is 0 Å². The fourth-order valence-corrected chi connectivity index (χ4v) is 0.885. The molecule has 0 fully saturated rings. The summed E-state index contributed by atoms with van der Waals surface area (Å²) in [7, 11) is 0. The van der Waals surface area contributed by atoms with Gasteiger partial charge in [0.15, 0.2) is 0 Å². The molecule has 0 saturated heterocycles. The summed E-state index contributed by atoms with van der Waals surface area (Å²) in [5, 5.41) is 0. The Bertz CT molecular complexity index is 255. The molecule has 0 aliphatic carbocycles. The predicted molar refractivity (Wildman–Crippen MR) is 48.2 cm³/mol. The average Bonchev–Trinajstić information content (AvgIpc) is 1.88. The monoisotopic (exact) mass is 151 g/mol. The molecule has 0 bridgehead atoms. The van der Waals surface area contributed by atoms with Crippen molar-refractivity contribution in [2.24, 2.45) is 0 Å². The number of hydrogen-bond acceptors (Lipinski definition) is 2. The van der Waals surface area contributed by atoms with E-state index in [0.29, 0.717) is 0 Å². The lowest BCUT2D eigenvalue weighted by atomic mass is 10.1. The Hall–Kier alpha value is -0.890. The van der Waals surface area contributed by atoms with Gasteiger partial charge in [-0.1, -0.05) is 24.4 Å². The van der Waals surface area contributed by atoms with Crippen molar-refractivity contribution in [3.05, 3.63) is 29.8 Å². The summed E-state index contributed by atoms with van der Waals surface area (Å²) in [4.78, 5) is 0.882. The zero-order valence-corrected chi connectivity index (χ0v) is 6.61. The molecule has 1 rings (SSSR count). The summed E-state index contributed by atoms with van der Waals surface area (Å²) in [6.45, 7) is 1.89. The summed E-state index contributed by atoms with van der Waals surface area (Å²) in [6, 6.07) is 7.59. The SMILES string of the molecule is CC(=S)c1cccc(N)c1. The maximum Gasteiger partial charge on any atom is 0.0320 e. The van der Waals surface area contributed by atoms with Gasteiger partial charge in [-0.3, -0.25) is 0 Å². The average molecular weight is 151 g/mol. The molecule has 1 nitrogen and oxygen atoms in total. The van der Waals surface area contributed by atoms with E-state index in [0.717, 1.165) is 16.1 Å². The molecule has 52 valence electrons. The molecule has 1 aromatic rings. The predicted octanol–water partition coefficient (Wildman–Crippen LogP) is 2.01. The molecule has 10 heavy (non-hydrogen) atoms. The number of anilines is 1. The second-order valence-corrected chi connectivity index (χ2v) is 2.79. The van der Waals surface area contributed by atoms with Crippen LogP contribution in [0.5, 0.6) is 0 Å². The molecular weight excluding hydrogens is 142 g/mol. The van der Waals surface area contributed by atoms with Gasteiger partial charge in [-0.15, -0.1) is 0 Å².